The lowest BCUT2D eigenvalue weighted by molar-refractivity contribution is 0.626. The number of hydrogen-bond acceptors (Lipinski definition) is 1. The fourth-order valence-corrected chi connectivity index (χ4v) is 2.31. The lowest BCUT2D eigenvalue weighted by Gasteiger charge is -2.22. The highest BCUT2D eigenvalue weighted by molar-refractivity contribution is 6.17. The maximum atomic E-state index is 13.2. The topological polar surface area (TPSA) is 3.24 Å². The molecule has 0 atom stereocenters. The Labute approximate surface area is 118 Å². The van der Waals surface area contributed by atoms with E-state index >= 15 is 0 Å². The average molecular weight is 278 g/mol. The van der Waals surface area contributed by atoms with Crippen molar-refractivity contribution < 1.29 is 4.39 Å². The SMILES string of the molecule is CN(CCc1ccccc1)c1ccc(F)cc1CCl. The minimum Gasteiger partial charge on any atom is -0.374 e. The van der Waals surface area contributed by atoms with Crippen molar-refractivity contribution in [1.29, 1.82) is 0 Å². The molecule has 19 heavy (non-hydrogen) atoms. The van der Waals surface area contributed by atoms with E-state index in [9.17, 15) is 4.39 Å². The second kappa shape index (κ2) is 6.58. The van der Waals surface area contributed by atoms with Crippen LogP contribution in [0, 0.1) is 5.82 Å². The maximum absolute atomic E-state index is 13.2. The molecule has 0 fully saturated rings. The minimum atomic E-state index is -0.240. The zero-order valence-corrected chi connectivity index (χ0v) is 11.7. The highest BCUT2D eigenvalue weighted by Gasteiger charge is 2.08. The Morgan fingerprint density at radius 2 is 1.84 bits per heavy atom. The maximum Gasteiger partial charge on any atom is 0.123 e. The molecule has 2 aromatic carbocycles. The highest BCUT2D eigenvalue weighted by Crippen LogP contribution is 2.22. The molecule has 0 radical (unpaired) electrons. The summed E-state index contributed by atoms with van der Waals surface area (Å²) >= 11 is 5.87. The van der Waals surface area contributed by atoms with Gasteiger partial charge in [0, 0.05) is 25.2 Å². The van der Waals surface area contributed by atoms with Crippen molar-refractivity contribution in [3.05, 3.63) is 65.5 Å². The summed E-state index contributed by atoms with van der Waals surface area (Å²) in [6.07, 6.45) is 0.955. The summed E-state index contributed by atoms with van der Waals surface area (Å²) in [7, 11) is 2.01. The van der Waals surface area contributed by atoms with Crippen molar-refractivity contribution in [2.75, 3.05) is 18.5 Å². The number of anilines is 1. The third-order valence-electron chi connectivity index (χ3n) is 3.18. The van der Waals surface area contributed by atoms with Gasteiger partial charge in [-0.05, 0) is 35.7 Å². The number of halogens is 2. The third kappa shape index (κ3) is 3.71. The van der Waals surface area contributed by atoms with Gasteiger partial charge in [-0.15, -0.1) is 11.6 Å². The van der Waals surface area contributed by atoms with E-state index in [1.165, 1.54) is 17.7 Å². The number of benzene rings is 2. The van der Waals surface area contributed by atoms with Crippen LogP contribution in [0.2, 0.25) is 0 Å². The van der Waals surface area contributed by atoms with Gasteiger partial charge in [-0.1, -0.05) is 30.3 Å². The molecule has 100 valence electrons. The summed E-state index contributed by atoms with van der Waals surface area (Å²) in [5.74, 6) is 0.0822. The number of rotatable bonds is 5. The lowest BCUT2D eigenvalue weighted by atomic mass is 10.1. The first-order valence-corrected chi connectivity index (χ1v) is 6.83. The minimum absolute atomic E-state index is 0.240. The highest BCUT2D eigenvalue weighted by atomic mass is 35.5. The first-order valence-electron chi connectivity index (χ1n) is 6.30. The number of likely N-dealkylation sites (N-methyl/N-ethyl adjacent to an activating group) is 1. The summed E-state index contributed by atoms with van der Waals surface area (Å²) in [5.41, 5.74) is 3.12. The Hall–Kier alpha value is -1.54. The van der Waals surface area contributed by atoms with Crippen LogP contribution in [0.4, 0.5) is 10.1 Å². The van der Waals surface area contributed by atoms with Crippen LogP contribution < -0.4 is 4.90 Å². The molecule has 0 saturated carbocycles. The van der Waals surface area contributed by atoms with Crippen LogP contribution in [0.15, 0.2) is 48.5 Å². The van der Waals surface area contributed by atoms with Crippen molar-refractivity contribution in [2.24, 2.45) is 0 Å². The Morgan fingerprint density at radius 3 is 2.53 bits per heavy atom. The summed E-state index contributed by atoms with van der Waals surface area (Å²) in [6.45, 7) is 0.875. The monoisotopic (exact) mass is 277 g/mol. The molecule has 0 saturated heterocycles. The van der Waals surface area contributed by atoms with Gasteiger partial charge in [0.2, 0.25) is 0 Å². The molecule has 0 bridgehead atoms. The van der Waals surface area contributed by atoms with E-state index in [1.54, 1.807) is 6.07 Å². The Balaban J connectivity index is 2.05. The van der Waals surface area contributed by atoms with Crippen molar-refractivity contribution in [3.63, 3.8) is 0 Å². The van der Waals surface area contributed by atoms with Crippen molar-refractivity contribution in [3.8, 4) is 0 Å². The molecule has 2 rings (SSSR count). The molecule has 3 heteroatoms. The first kappa shape index (κ1) is 13.9. The molecule has 0 aromatic heterocycles. The van der Waals surface area contributed by atoms with E-state index < -0.39 is 0 Å². The van der Waals surface area contributed by atoms with Gasteiger partial charge in [-0.25, -0.2) is 4.39 Å². The number of alkyl halides is 1. The van der Waals surface area contributed by atoms with Gasteiger partial charge in [0.1, 0.15) is 5.82 Å². The van der Waals surface area contributed by atoms with Crippen LogP contribution in [0.3, 0.4) is 0 Å². The van der Waals surface area contributed by atoms with Crippen molar-refractivity contribution in [2.45, 2.75) is 12.3 Å². The second-order valence-corrected chi connectivity index (χ2v) is 4.83. The quantitative estimate of drug-likeness (QED) is 0.739. The van der Waals surface area contributed by atoms with Crippen LogP contribution >= 0.6 is 11.6 Å². The van der Waals surface area contributed by atoms with Gasteiger partial charge in [0.15, 0.2) is 0 Å². The summed E-state index contributed by atoms with van der Waals surface area (Å²) in [4.78, 5) is 2.12. The van der Waals surface area contributed by atoms with E-state index in [2.05, 4.69) is 17.0 Å². The number of nitrogens with zero attached hydrogens (tertiary/aromatic N) is 1. The predicted octanol–water partition coefficient (Wildman–Crippen LogP) is 4.24. The van der Waals surface area contributed by atoms with Crippen LogP contribution in [-0.2, 0) is 12.3 Å². The first-order chi connectivity index (χ1) is 9.20. The summed E-state index contributed by atoms with van der Waals surface area (Å²) < 4.78 is 13.2. The fourth-order valence-electron chi connectivity index (χ4n) is 2.10. The van der Waals surface area contributed by atoms with E-state index in [0.717, 1.165) is 24.2 Å². The van der Waals surface area contributed by atoms with Gasteiger partial charge < -0.3 is 4.90 Å². The Morgan fingerprint density at radius 1 is 1.11 bits per heavy atom. The molecule has 0 aliphatic rings. The van der Waals surface area contributed by atoms with Gasteiger partial charge in [0.25, 0.3) is 0 Å². The van der Waals surface area contributed by atoms with Gasteiger partial charge in [0.05, 0.1) is 0 Å². The molecular formula is C16H17ClFN. The lowest BCUT2D eigenvalue weighted by Crippen LogP contribution is -2.21. The smallest absolute Gasteiger partial charge is 0.123 e. The average Bonchev–Trinajstić information content (AvgIpc) is 2.45. The van der Waals surface area contributed by atoms with Crippen LogP contribution in [0.5, 0.6) is 0 Å². The molecule has 1 nitrogen and oxygen atoms in total. The Kier molecular flexibility index (Phi) is 4.80. The van der Waals surface area contributed by atoms with E-state index in [4.69, 9.17) is 11.6 Å². The molecule has 0 heterocycles. The predicted molar refractivity (Wildman–Crippen MR) is 79.4 cm³/mol. The third-order valence-corrected chi connectivity index (χ3v) is 3.46. The Bertz CT molecular complexity index is 528. The molecule has 0 amide bonds. The number of hydrogen-bond donors (Lipinski definition) is 0. The van der Waals surface area contributed by atoms with Gasteiger partial charge >= 0.3 is 0 Å². The largest absolute Gasteiger partial charge is 0.374 e. The molecule has 0 aliphatic heterocycles. The molecule has 0 spiro atoms. The molecule has 2 aromatic rings. The zero-order chi connectivity index (χ0) is 13.7. The molecule has 0 aliphatic carbocycles. The molecule has 0 unspecified atom stereocenters. The van der Waals surface area contributed by atoms with Crippen LogP contribution in [-0.4, -0.2) is 13.6 Å². The van der Waals surface area contributed by atoms with Crippen LogP contribution in [0.25, 0.3) is 0 Å². The zero-order valence-electron chi connectivity index (χ0n) is 10.9. The second-order valence-electron chi connectivity index (χ2n) is 4.56. The molecule has 0 N–H and O–H groups in total. The summed E-state index contributed by atoms with van der Waals surface area (Å²) in [5, 5.41) is 0. The summed E-state index contributed by atoms with van der Waals surface area (Å²) in [6, 6.07) is 15.1. The fraction of sp³-hybridized carbons (Fsp3) is 0.250. The standard InChI is InChI=1S/C16H17ClFN/c1-19(10-9-13-5-3-2-4-6-13)16-8-7-15(18)11-14(16)12-17/h2-8,11H,9-10,12H2,1H3. The van der Waals surface area contributed by atoms with Gasteiger partial charge in [-0.3, -0.25) is 0 Å². The normalized spacial score (nSPS) is 10.5. The van der Waals surface area contributed by atoms with Crippen molar-refractivity contribution >= 4 is 17.3 Å². The van der Waals surface area contributed by atoms with E-state index in [-0.39, 0.29) is 5.82 Å². The van der Waals surface area contributed by atoms with Crippen LogP contribution in [0.1, 0.15) is 11.1 Å². The van der Waals surface area contributed by atoms with E-state index in [0.29, 0.717) is 5.88 Å². The van der Waals surface area contributed by atoms with Gasteiger partial charge in [-0.2, -0.15) is 0 Å². The van der Waals surface area contributed by atoms with Crippen molar-refractivity contribution in [1.82, 2.24) is 0 Å². The van der Waals surface area contributed by atoms with E-state index in [1.807, 2.05) is 25.2 Å². The molecular weight excluding hydrogens is 261 g/mol.